The van der Waals surface area contributed by atoms with E-state index in [0.717, 1.165) is 16.1 Å². The molecule has 1 aliphatic rings. The van der Waals surface area contributed by atoms with Crippen molar-refractivity contribution in [3.05, 3.63) is 46.7 Å². The van der Waals surface area contributed by atoms with E-state index in [1.165, 1.54) is 11.8 Å². The number of ether oxygens (including phenoxy) is 1. The fraction of sp³-hybridized carbons (Fsp3) is 0.250. The standard InChI is InChI=1S/C16H15NO3S2/c1-2-20-15(19)16(9-11-7-8-21-10-11)14(18)17-12-5-3-4-6-13(12)22-16/h3-8,10H,2,9H2,1H3,(H,17,18). The van der Waals surface area contributed by atoms with Crippen molar-refractivity contribution < 1.29 is 14.3 Å². The number of carbonyl (C=O) groups excluding carboxylic acids is 2. The van der Waals surface area contributed by atoms with E-state index in [-0.39, 0.29) is 12.5 Å². The van der Waals surface area contributed by atoms with Crippen LogP contribution in [-0.4, -0.2) is 23.2 Å². The molecular weight excluding hydrogens is 318 g/mol. The van der Waals surface area contributed by atoms with Gasteiger partial charge >= 0.3 is 5.97 Å². The molecule has 1 N–H and O–H groups in total. The number of amides is 1. The van der Waals surface area contributed by atoms with E-state index in [0.29, 0.717) is 6.42 Å². The van der Waals surface area contributed by atoms with Crippen LogP contribution in [0.5, 0.6) is 0 Å². The van der Waals surface area contributed by atoms with Crippen LogP contribution in [0.1, 0.15) is 12.5 Å². The molecule has 1 aliphatic heterocycles. The summed E-state index contributed by atoms with van der Waals surface area (Å²) in [5, 5.41) is 6.74. The van der Waals surface area contributed by atoms with Crippen LogP contribution in [0.3, 0.4) is 0 Å². The highest BCUT2D eigenvalue weighted by molar-refractivity contribution is 8.02. The molecule has 0 fully saturated rings. The fourth-order valence-electron chi connectivity index (χ4n) is 2.37. The molecule has 1 aromatic carbocycles. The lowest BCUT2D eigenvalue weighted by Gasteiger charge is -2.33. The number of esters is 1. The van der Waals surface area contributed by atoms with Crippen LogP contribution in [0.15, 0.2) is 46.0 Å². The number of benzene rings is 1. The van der Waals surface area contributed by atoms with Crippen LogP contribution < -0.4 is 5.32 Å². The highest BCUT2D eigenvalue weighted by atomic mass is 32.2. The average Bonchev–Trinajstić information content (AvgIpc) is 3.01. The zero-order valence-corrected chi connectivity index (χ0v) is 13.6. The number of hydrogen-bond donors (Lipinski definition) is 1. The first-order chi connectivity index (χ1) is 10.7. The molecule has 114 valence electrons. The molecule has 22 heavy (non-hydrogen) atoms. The van der Waals surface area contributed by atoms with Gasteiger partial charge in [0.2, 0.25) is 4.75 Å². The highest BCUT2D eigenvalue weighted by Gasteiger charge is 2.51. The van der Waals surface area contributed by atoms with Crippen molar-refractivity contribution in [1.82, 2.24) is 0 Å². The summed E-state index contributed by atoms with van der Waals surface area (Å²) in [6, 6.07) is 9.42. The molecule has 2 aromatic rings. The van der Waals surface area contributed by atoms with Gasteiger partial charge in [-0.2, -0.15) is 11.3 Å². The van der Waals surface area contributed by atoms with Gasteiger partial charge in [-0.3, -0.25) is 4.79 Å². The van der Waals surface area contributed by atoms with Gasteiger partial charge < -0.3 is 10.1 Å². The van der Waals surface area contributed by atoms with Gasteiger partial charge in [0.15, 0.2) is 0 Å². The molecule has 1 atom stereocenters. The molecule has 0 spiro atoms. The zero-order chi connectivity index (χ0) is 15.6. The summed E-state index contributed by atoms with van der Waals surface area (Å²) in [6.07, 6.45) is 0.320. The molecule has 2 heterocycles. The number of rotatable bonds is 4. The molecule has 4 nitrogen and oxygen atoms in total. The molecule has 1 amide bonds. The van der Waals surface area contributed by atoms with E-state index in [4.69, 9.17) is 4.74 Å². The maximum atomic E-state index is 12.7. The van der Waals surface area contributed by atoms with Gasteiger partial charge in [0.25, 0.3) is 5.91 Å². The second kappa shape index (κ2) is 6.14. The summed E-state index contributed by atoms with van der Waals surface area (Å²) in [6.45, 7) is 2.00. The summed E-state index contributed by atoms with van der Waals surface area (Å²) in [7, 11) is 0. The number of nitrogens with one attached hydrogen (secondary N) is 1. The van der Waals surface area contributed by atoms with E-state index in [1.54, 1.807) is 18.3 Å². The van der Waals surface area contributed by atoms with E-state index in [9.17, 15) is 9.59 Å². The van der Waals surface area contributed by atoms with Crippen LogP contribution in [0.2, 0.25) is 0 Å². The van der Waals surface area contributed by atoms with Gasteiger partial charge in [-0.25, -0.2) is 4.79 Å². The molecule has 1 unspecified atom stereocenters. The quantitative estimate of drug-likeness (QED) is 0.689. The molecule has 0 saturated carbocycles. The van der Waals surface area contributed by atoms with Crippen LogP contribution in [0, 0.1) is 0 Å². The molecular formula is C16H15NO3S2. The normalized spacial score (nSPS) is 20.1. The maximum Gasteiger partial charge on any atom is 0.332 e. The second-order valence-electron chi connectivity index (χ2n) is 4.91. The molecule has 6 heteroatoms. The van der Waals surface area contributed by atoms with Gasteiger partial charge in [0.05, 0.1) is 12.3 Å². The minimum absolute atomic E-state index is 0.250. The van der Waals surface area contributed by atoms with E-state index >= 15 is 0 Å². The number of carbonyl (C=O) groups is 2. The van der Waals surface area contributed by atoms with Crippen molar-refractivity contribution in [3.63, 3.8) is 0 Å². The monoisotopic (exact) mass is 333 g/mol. The summed E-state index contributed by atoms with van der Waals surface area (Å²) in [5.74, 6) is -0.806. The van der Waals surface area contributed by atoms with Crippen molar-refractivity contribution in [1.29, 1.82) is 0 Å². The highest BCUT2D eigenvalue weighted by Crippen LogP contribution is 2.45. The SMILES string of the molecule is CCOC(=O)C1(Cc2ccsc2)Sc2ccccc2NC1=O. The number of anilines is 1. The molecule has 1 aromatic heterocycles. The van der Waals surface area contributed by atoms with Crippen LogP contribution in [0.25, 0.3) is 0 Å². The first-order valence-corrected chi connectivity index (χ1v) is 8.69. The maximum absolute atomic E-state index is 12.7. The Bertz CT molecular complexity index is 699. The van der Waals surface area contributed by atoms with Crippen LogP contribution >= 0.6 is 23.1 Å². The molecule has 0 radical (unpaired) electrons. The third kappa shape index (κ3) is 2.64. The Morgan fingerprint density at radius 3 is 2.86 bits per heavy atom. The van der Waals surface area contributed by atoms with E-state index < -0.39 is 10.7 Å². The summed E-state index contributed by atoms with van der Waals surface area (Å²) in [5.41, 5.74) is 1.70. The van der Waals surface area contributed by atoms with Crippen molar-refractivity contribution in [2.24, 2.45) is 0 Å². The van der Waals surface area contributed by atoms with Gasteiger partial charge in [-0.1, -0.05) is 23.9 Å². The number of thioether (sulfide) groups is 1. The van der Waals surface area contributed by atoms with Crippen molar-refractivity contribution in [2.45, 2.75) is 23.0 Å². The Labute approximate surface area is 136 Å². The average molecular weight is 333 g/mol. The molecule has 0 aliphatic carbocycles. The fourth-order valence-corrected chi connectivity index (χ4v) is 4.31. The van der Waals surface area contributed by atoms with Gasteiger partial charge in [0, 0.05) is 11.3 Å². The van der Waals surface area contributed by atoms with Gasteiger partial charge in [0.1, 0.15) is 0 Å². The van der Waals surface area contributed by atoms with E-state index in [1.807, 2.05) is 41.1 Å². The van der Waals surface area contributed by atoms with Crippen LogP contribution in [-0.2, 0) is 20.7 Å². The number of hydrogen-bond acceptors (Lipinski definition) is 5. The van der Waals surface area contributed by atoms with Crippen LogP contribution in [0.4, 0.5) is 5.69 Å². The Hall–Kier alpha value is -1.79. The molecule has 0 saturated heterocycles. The van der Waals surface area contributed by atoms with Crippen molar-refractivity contribution >= 4 is 40.7 Å². The minimum Gasteiger partial charge on any atom is -0.465 e. The lowest BCUT2D eigenvalue weighted by atomic mass is 9.98. The first-order valence-electron chi connectivity index (χ1n) is 6.93. The zero-order valence-electron chi connectivity index (χ0n) is 12.0. The topological polar surface area (TPSA) is 55.4 Å². The predicted octanol–water partition coefficient (Wildman–Crippen LogP) is 3.34. The third-order valence-electron chi connectivity index (χ3n) is 3.42. The Morgan fingerprint density at radius 1 is 1.32 bits per heavy atom. The lowest BCUT2D eigenvalue weighted by molar-refractivity contribution is -0.148. The molecule has 0 bridgehead atoms. The summed E-state index contributed by atoms with van der Waals surface area (Å²) < 4.78 is 3.93. The van der Waals surface area contributed by atoms with Crippen molar-refractivity contribution in [3.8, 4) is 0 Å². The summed E-state index contributed by atoms with van der Waals surface area (Å²) >= 11 is 2.82. The third-order valence-corrected chi connectivity index (χ3v) is 5.58. The first kappa shape index (κ1) is 15.1. The lowest BCUT2D eigenvalue weighted by Crippen LogP contribution is -2.51. The molecule has 3 rings (SSSR count). The smallest absolute Gasteiger partial charge is 0.332 e. The van der Waals surface area contributed by atoms with Crippen molar-refractivity contribution in [2.75, 3.05) is 11.9 Å². The number of fused-ring (bicyclic) bond motifs is 1. The largest absolute Gasteiger partial charge is 0.465 e. The second-order valence-corrected chi connectivity index (χ2v) is 7.03. The Morgan fingerprint density at radius 2 is 2.14 bits per heavy atom. The number of thiophene rings is 1. The predicted molar refractivity (Wildman–Crippen MR) is 88.3 cm³/mol. The van der Waals surface area contributed by atoms with Gasteiger partial charge in [-0.05, 0) is 41.4 Å². The Kier molecular flexibility index (Phi) is 4.22. The van der Waals surface area contributed by atoms with E-state index in [2.05, 4.69) is 5.32 Å². The van der Waals surface area contributed by atoms with Gasteiger partial charge in [-0.15, -0.1) is 0 Å². The Balaban J connectivity index is 2.02. The summed E-state index contributed by atoms with van der Waals surface area (Å²) in [4.78, 5) is 26.1. The number of para-hydroxylation sites is 1. The minimum atomic E-state index is -1.27.